The summed E-state index contributed by atoms with van der Waals surface area (Å²) in [5, 5.41) is 4.40. The zero-order valence-corrected chi connectivity index (χ0v) is 16.1. The molecule has 1 aromatic carbocycles. The minimum Gasteiger partial charge on any atom is -0.341 e. The maximum Gasteiger partial charge on any atom is 0.333 e. The van der Waals surface area contributed by atoms with Gasteiger partial charge in [-0.05, 0) is 31.9 Å². The highest BCUT2D eigenvalue weighted by Gasteiger charge is 2.27. The van der Waals surface area contributed by atoms with Gasteiger partial charge in [-0.25, -0.2) is 4.68 Å². The molecule has 4 rings (SSSR count). The molecule has 0 aliphatic carbocycles. The Kier molecular flexibility index (Phi) is 5.02. The highest BCUT2D eigenvalue weighted by atomic mass is 16.2. The van der Waals surface area contributed by atoms with Gasteiger partial charge in [0.1, 0.15) is 6.54 Å². The normalized spacial score (nSPS) is 16.8. The average Bonchev–Trinajstić information content (AvgIpc) is 2.92. The Labute approximate surface area is 163 Å². The van der Waals surface area contributed by atoms with E-state index < -0.39 is 11.1 Å². The van der Waals surface area contributed by atoms with Gasteiger partial charge in [0, 0.05) is 31.9 Å². The molecule has 0 unspecified atom stereocenters. The monoisotopic (exact) mass is 383 g/mol. The molecule has 0 bridgehead atoms. The zero-order chi connectivity index (χ0) is 19.7. The Morgan fingerprint density at radius 1 is 0.929 bits per heavy atom. The molecule has 0 spiro atoms. The fourth-order valence-corrected chi connectivity index (χ4v) is 3.85. The number of amides is 1. The van der Waals surface area contributed by atoms with Gasteiger partial charge < -0.3 is 9.80 Å². The number of aryl methyl sites for hydroxylation is 1. The molecule has 148 valence electrons. The molecule has 2 aliphatic heterocycles. The predicted octanol–water partition coefficient (Wildman–Crippen LogP) is 1.27. The maximum absolute atomic E-state index is 12.7. The van der Waals surface area contributed by atoms with E-state index in [0.717, 1.165) is 41.6 Å². The first-order chi connectivity index (χ1) is 13.5. The third-order valence-corrected chi connectivity index (χ3v) is 5.49. The van der Waals surface area contributed by atoms with Crippen molar-refractivity contribution >= 4 is 17.5 Å². The molecular weight excluding hydrogens is 358 g/mol. The number of anilines is 2. The molecule has 1 saturated heterocycles. The summed E-state index contributed by atoms with van der Waals surface area (Å²) < 4.78 is 2.43. The Hall–Kier alpha value is -2.90. The third-order valence-electron chi connectivity index (χ3n) is 5.49. The number of benzene rings is 1. The van der Waals surface area contributed by atoms with Gasteiger partial charge >= 0.3 is 11.1 Å². The first kappa shape index (κ1) is 18.5. The third kappa shape index (κ3) is 3.46. The number of hydrogen-bond acceptors (Lipinski definition) is 5. The topological polar surface area (TPSA) is 80.4 Å². The number of likely N-dealkylation sites (tertiary alicyclic amines) is 1. The largest absolute Gasteiger partial charge is 0.341 e. The number of aromatic nitrogens is 3. The summed E-state index contributed by atoms with van der Waals surface area (Å²) in [6.45, 7) is 4.19. The van der Waals surface area contributed by atoms with Gasteiger partial charge in [0.05, 0.1) is 0 Å². The lowest BCUT2D eigenvalue weighted by atomic mass is 10.2. The number of nitrogens with zero attached hydrogens (tertiary/aromatic N) is 5. The van der Waals surface area contributed by atoms with Crippen LogP contribution in [0, 0.1) is 6.92 Å². The van der Waals surface area contributed by atoms with E-state index in [1.807, 2.05) is 36.1 Å². The van der Waals surface area contributed by atoms with Crippen LogP contribution in [0.5, 0.6) is 0 Å². The number of carbonyl (C=O) groups is 1. The highest BCUT2D eigenvalue weighted by Crippen LogP contribution is 2.26. The van der Waals surface area contributed by atoms with Crippen molar-refractivity contribution in [2.75, 3.05) is 24.5 Å². The quantitative estimate of drug-likeness (QED) is 0.746. The summed E-state index contributed by atoms with van der Waals surface area (Å²) in [4.78, 5) is 41.4. The molecule has 1 aromatic heterocycles. The van der Waals surface area contributed by atoms with Crippen molar-refractivity contribution in [1.29, 1.82) is 0 Å². The molecule has 0 radical (unpaired) electrons. The second-order valence-corrected chi connectivity index (χ2v) is 7.50. The van der Waals surface area contributed by atoms with E-state index in [1.165, 1.54) is 4.57 Å². The van der Waals surface area contributed by atoms with E-state index in [9.17, 15) is 14.4 Å². The Morgan fingerprint density at radius 3 is 2.29 bits per heavy atom. The van der Waals surface area contributed by atoms with Crippen LogP contribution in [-0.2, 0) is 17.9 Å². The molecule has 2 aromatic rings. The first-order valence-corrected chi connectivity index (χ1v) is 9.88. The lowest BCUT2D eigenvalue weighted by Gasteiger charge is -2.21. The number of carbonyl (C=O) groups excluding carboxylic acids is 1. The average molecular weight is 383 g/mol. The van der Waals surface area contributed by atoms with Gasteiger partial charge in [-0.1, -0.05) is 30.5 Å². The fraction of sp³-hybridized carbons (Fsp3) is 0.500. The zero-order valence-electron chi connectivity index (χ0n) is 16.1. The van der Waals surface area contributed by atoms with E-state index >= 15 is 0 Å². The second-order valence-electron chi connectivity index (χ2n) is 7.50. The Balaban J connectivity index is 1.64. The standard InChI is InChI=1S/C20H25N5O3/c1-15-6-8-16(9-7-15)23-12-13-24-18(27)19(28)25(21-20(23)24)14-17(26)22-10-4-2-3-5-11-22/h6-9H,2-5,10-14H2,1H3. The summed E-state index contributed by atoms with van der Waals surface area (Å²) in [6, 6.07) is 7.92. The van der Waals surface area contributed by atoms with Gasteiger partial charge in [0.25, 0.3) is 0 Å². The summed E-state index contributed by atoms with van der Waals surface area (Å²) in [6.07, 6.45) is 4.19. The summed E-state index contributed by atoms with van der Waals surface area (Å²) in [7, 11) is 0. The molecular formula is C20H25N5O3. The highest BCUT2D eigenvalue weighted by molar-refractivity contribution is 5.76. The van der Waals surface area contributed by atoms with Crippen molar-refractivity contribution in [2.24, 2.45) is 0 Å². The van der Waals surface area contributed by atoms with Crippen molar-refractivity contribution < 1.29 is 4.79 Å². The van der Waals surface area contributed by atoms with Gasteiger partial charge in [0.2, 0.25) is 11.9 Å². The van der Waals surface area contributed by atoms with Crippen molar-refractivity contribution in [3.63, 3.8) is 0 Å². The molecule has 28 heavy (non-hydrogen) atoms. The van der Waals surface area contributed by atoms with Crippen molar-refractivity contribution in [3.8, 4) is 0 Å². The summed E-state index contributed by atoms with van der Waals surface area (Å²) >= 11 is 0. The van der Waals surface area contributed by atoms with Crippen molar-refractivity contribution in [1.82, 2.24) is 19.2 Å². The van der Waals surface area contributed by atoms with Crippen LogP contribution < -0.4 is 16.0 Å². The predicted molar refractivity (Wildman–Crippen MR) is 106 cm³/mol. The summed E-state index contributed by atoms with van der Waals surface area (Å²) in [5.74, 6) is 0.262. The lowest BCUT2D eigenvalue weighted by molar-refractivity contribution is -0.132. The van der Waals surface area contributed by atoms with E-state index in [1.54, 1.807) is 4.90 Å². The van der Waals surface area contributed by atoms with Gasteiger partial charge in [-0.15, -0.1) is 5.10 Å². The minimum absolute atomic E-state index is 0.152. The lowest BCUT2D eigenvalue weighted by Crippen LogP contribution is -2.45. The van der Waals surface area contributed by atoms with Gasteiger partial charge in [-0.3, -0.25) is 19.0 Å². The Bertz CT molecular complexity index is 984. The molecule has 1 fully saturated rings. The van der Waals surface area contributed by atoms with E-state index in [-0.39, 0.29) is 12.5 Å². The van der Waals surface area contributed by atoms with Crippen LogP contribution in [0.3, 0.4) is 0 Å². The van der Waals surface area contributed by atoms with Crippen molar-refractivity contribution in [2.45, 2.75) is 45.7 Å². The van der Waals surface area contributed by atoms with E-state index in [4.69, 9.17) is 0 Å². The molecule has 0 saturated carbocycles. The molecule has 8 nitrogen and oxygen atoms in total. The number of hydrogen-bond donors (Lipinski definition) is 0. The van der Waals surface area contributed by atoms with Gasteiger partial charge in [0.15, 0.2) is 0 Å². The molecule has 3 heterocycles. The van der Waals surface area contributed by atoms with Crippen LogP contribution in [0.15, 0.2) is 33.9 Å². The van der Waals surface area contributed by atoms with Crippen LogP contribution in [0.25, 0.3) is 0 Å². The van der Waals surface area contributed by atoms with Crippen LogP contribution in [-0.4, -0.2) is 44.8 Å². The van der Waals surface area contributed by atoms with Crippen molar-refractivity contribution in [3.05, 3.63) is 50.5 Å². The molecule has 8 heteroatoms. The van der Waals surface area contributed by atoms with Crippen LogP contribution in [0.4, 0.5) is 11.6 Å². The molecule has 1 amide bonds. The van der Waals surface area contributed by atoms with Crippen LogP contribution in [0.1, 0.15) is 31.2 Å². The number of fused-ring (bicyclic) bond motifs is 1. The molecule has 0 N–H and O–H groups in total. The minimum atomic E-state index is -0.738. The Morgan fingerprint density at radius 2 is 1.61 bits per heavy atom. The second kappa shape index (κ2) is 7.61. The number of rotatable bonds is 3. The van der Waals surface area contributed by atoms with E-state index in [2.05, 4.69) is 5.10 Å². The fourth-order valence-electron chi connectivity index (χ4n) is 3.85. The van der Waals surface area contributed by atoms with Gasteiger partial charge in [-0.2, -0.15) is 0 Å². The smallest absolute Gasteiger partial charge is 0.333 e. The molecule has 2 aliphatic rings. The molecule has 0 atom stereocenters. The maximum atomic E-state index is 12.7. The van der Waals surface area contributed by atoms with Crippen LogP contribution in [0.2, 0.25) is 0 Å². The summed E-state index contributed by atoms with van der Waals surface area (Å²) in [5.41, 5.74) is 0.690. The first-order valence-electron chi connectivity index (χ1n) is 9.88. The van der Waals surface area contributed by atoms with Crippen LogP contribution >= 0.6 is 0 Å². The SMILES string of the molecule is Cc1ccc(N2CCn3c2nn(CC(=O)N2CCCCCC2)c(=O)c3=O)cc1. The van der Waals surface area contributed by atoms with E-state index in [0.29, 0.717) is 32.1 Å².